The third-order valence-electron chi connectivity index (χ3n) is 6.64. The molecule has 2 amide bonds. The highest BCUT2D eigenvalue weighted by molar-refractivity contribution is 6.10. The Morgan fingerprint density at radius 2 is 1.80 bits per heavy atom. The smallest absolute Gasteiger partial charge is 0.410 e. The minimum absolute atomic E-state index is 0.265. The summed E-state index contributed by atoms with van der Waals surface area (Å²) in [6.07, 6.45) is 7.63. The molecule has 1 aliphatic rings. The van der Waals surface area contributed by atoms with E-state index in [0.717, 1.165) is 22.8 Å². The van der Waals surface area contributed by atoms with Crippen LogP contribution >= 0.6 is 0 Å². The van der Waals surface area contributed by atoms with Crippen molar-refractivity contribution in [2.45, 2.75) is 52.2 Å². The van der Waals surface area contributed by atoms with Gasteiger partial charge >= 0.3 is 6.09 Å². The monoisotopic (exact) mass is 539 g/mol. The van der Waals surface area contributed by atoms with Crippen molar-refractivity contribution in [3.63, 3.8) is 0 Å². The van der Waals surface area contributed by atoms with Gasteiger partial charge in [0.25, 0.3) is 5.91 Å². The highest BCUT2D eigenvalue weighted by Gasteiger charge is 2.35. The number of likely N-dealkylation sites (tertiary alicyclic amines) is 1. The predicted octanol–water partition coefficient (Wildman–Crippen LogP) is 5.52. The summed E-state index contributed by atoms with van der Waals surface area (Å²) in [4.78, 5) is 48.1. The molecule has 0 radical (unpaired) electrons. The van der Waals surface area contributed by atoms with Gasteiger partial charge in [0.05, 0.1) is 17.9 Å². The average Bonchev–Trinajstić information content (AvgIpc) is 2.93. The van der Waals surface area contributed by atoms with E-state index in [0.29, 0.717) is 37.0 Å². The number of fused-ring (bicyclic) bond motifs is 1. The van der Waals surface area contributed by atoms with Crippen molar-refractivity contribution in [1.82, 2.24) is 24.8 Å². The molecule has 10 heteroatoms. The van der Waals surface area contributed by atoms with Gasteiger partial charge in [-0.2, -0.15) is 0 Å². The number of pyridine rings is 2. The molecule has 4 heterocycles. The summed E-state index contributed by atoms with van der Waals surface area (Å²) in [6.45, 7) is 8.44. The number of aryl methyl sites for hydroxylation is 1. The van der Waals surface area contributed by atoms with Gasteiger partial charge in [-0.3, -0.25) is 9.69 Å². The third-order valence-corrected chi connectivity index (χ3v) is 6.64. The van der Waals surface area contributed by atoms with E-state index in [-0.39, 0.29) is 23.7 Å². The highest BCUT2D eigenvalue weighted by Crippen LogP contribution is 2.32. The first-order chi connectivity index (χ1) is 19.2. The van der Waals surface area contributed by atoms with Crippen LogP contribution in [-0.4, -0.2) is 61.6 Å². The molecule has 1 aromatic carbocycles. The summed E-state index contributed by atoms with van der Waals surface area (Å²) in [6, 6.07) is 12.8. The standard InChI is InChI=1S/C30H33N7O3/c1-20-8-5-9-21-13-16-31-26(25(20)21)37(23-10-6-17-36(19-23)29(39)40-30(2,3)4)27(38)24-12-11-22(18-34-24)35-28-32-14-7-15-33-28/h5,7-9,11-16,18,23H,6,10,17,19H2,1-4H3,(H,32,33,35)/t23-/m1/s1. The van der Waals surface area contributed by atoms with Crippen molar-refractivity contribution in [3.05, 3.63) is 78.5 Å². The molecule has 1 fully saturated rings. The number of aromatic nitrogens is 4. The van der Waals surface area contributed by atoms with E-state index in [4.69, 9.17) is 9.72 Å². The zero-order valence-electron chi connectivity index (χ0n) is 23.2. The maximum atomic E-state index is 14.2. The minimum atomic E-state index is -0.613. The molecule has 10 nitrogen and oxygen atoms in total. The second-order valence-corrected chi connectivity index (χ2v) is 10.8. The molecule has 0 unspecified atom stereocenters. The zero-order valence-corrected chi connectivity index (χ0v) is 23.2. The number of benzene rings is 1. The Hall–Kier alpha value is -4.60. The number of carbonyl (C=O) groups excluding carboxylic acids is 2. The summed E-state index contributed by atoms with van der Waals surface area (Å²) in [7, 11) is 0. The summed E-state index contributed by atoms with van der Waals surface area (Å²) in [5.41, 5.74) is 1.32. The summed E-state index contributed by atoms with van der Waals surface area (Å²) < 4.78 is 5.65. The molecule has 206 valence electrons. The number of nitrogens with zero attached hydrogens (tertiary/aromatic N) is 6. The van der Waals surface area contributed by atoms with Crippen LogP contribution < -0.4 is 10.2 Å². The largest absolute Gasteiger partial charge is 0.444 e. The molecule has 4 aromatic rings. The number of hydrogen-bond acceptors (Lipinski definition) is 8. The van der Waals surface area contributed by atoms with Gasteiger partial charge in [-0.1, -0.05) is 18.2 Å². The summed E-state index contributed by atoms with van der Waals surface area (Å²) >= 11 is 0. The van der Waals surface area contributed by atoms with E-state index in [2.05, 4.69) is 20.3 Å². The highest BCUT2D eigenvalue weighted by atomic mass is 16.6. The molecule has 3 aromatic heterocycles. The predicted molar refractivity (Wildman–Crippen MR) is 154 cm³/mol. The lowest BCUT2D eigenvalue weighted by atomic mass is 10.0. The van der Waals surface area contributed by atoms with Gasteiger partial charge in [0, 0.05) is 37.1 Å². The fraction of sp³-hybridized carbons (Fsp3) is 0.333. The Labute approximate surface area is 233 Å². The van der Waals surface area contributed by atoms with Crippen LogP contribution in [0, 0.1) is 6.92 Å². The summed E-state index contributed by atoms with van der Waals surface area (Å²) in [5.74, 6) is 0.699. The molecule has 0 bridgehead atoms. The Morgan fingerprint density at radius 1 is 1.00 bits per heavy atom. The quantitative estimate of drug-likeness (QED) is 0.353. The first-order valence-electron chi connectivity index (χ1n) is 13.4. The van der Waals surface area contributed by atoms with Gasteiger partial charge in [-0.25, -0.2) is 24.7 Å². The Kier molecular flexibility index (Phi) is 7.59. The topological polar surface area (TPSA) is 113 Å². The molecule has 5 rings (SSSR count). The number of carbonyl (C=O) groups is 2. The van der Waals surface area contributed by atoms with Gasteiger partial charge in [0.2, 0.25) is 5.95 Å². The SMILES string of the molecule is Cc1cccc2ccnc(N(C(=O)c3ccc(Nc4ncccn4)cn3)[C@@H]3CCCN(C(=O)OC(C)(C)C)C3)c12. The number of ether oxygens (including phenoxy) is 1. The first kappa shape index (κ1) is 27.0. The van der Waals surface area contributed by atoms with Gasteiger partial charge in [0.1, 0.15) is 17.1 Å². The fourth-order valence-electron chi connectivity index (χ4n) is 4.87. The Morgan fingerprint density at radius 3 is 2.52 bits per heavy atom. The lowest BCUT2D eigenvalue weighted by Gasteiger charge is -2.39. The van der Waals surface area contributed by atoms with Gasteiger partial charge < -0.3 is 15.0 Å². The molecular weight excluding hydrogens is 506 g/mol. The molecule has 1 saturated heterocycles. The van der Waals surface area contributed by atoms with E-state index < -0.39 is 5.60 Å². The van der Waals surface area contributed by atoms with E-state index in [1.54, 1.807) is 52.8 Å². The molecular formula is C30H33N7O3. The first-order valence-corrected chi connectivity index (χ1v) is 13.4. The number of nitrogens with one attached hydrogen (secondary N) is 1. The second kappa shape index (κ2) is 11.3. The van der Waals surface area contributed by atoms with E-state index in [1.807, 2.05) is 52.0 Å². The van der Waals surface area contributed by atoms with Crippen molar-refractivity contribution < 1.29 is 14.3 Å². The van der Waals surface area contributed by atoms with Crippen LogP contribution in [0.2, 0.25) is 0 Å². The maximum Gasteiger partial charge on any atom is 0.410 e. The van der Waals surface area contributed by atoms with Gasteiger partial charge in [0.15, 0.2) is 0 Å². The van der Waals surface area contributed by atoms with Crippen molar-refractivity contribution in [1.29, 1.82) is 0 Å². The molecule has 1 aliphatic heterocycles. The average molecular weight is 540 g/mol. The van der Waals surface area contributed by atoms with Crippen LogP contribution in [0.5, 0.6) is 0 Å². The third kappa shape index (κ3) is 6.01. The number of piperidine rings is 1. The van der Waals surface area contributed by atoms with Crippen molar-refractivity contribution in [3.8, 4) is 0 Å². The van der Waals surface area contributed by atoms with Crippen LogP contribution in [0.25, 0.3) is 10.8 Å². The number of amides is 2. The normalized spacial score (nSPS) is 15.5. The Bertz CT molecular complexity index is 1500. The Balaban J connectivity index is 1.50. The van der Waals surface area contributed by atoms with Crippen LogP contribution in [0.15, 0.2) is 67.3 Å². The van der Waals surface area contributed by atoms with Crippen molar-refractivity contribution in [2.24, 2.45) is 0 Å². The van der Waals surface area contributed by atoms with Gasteiger partial charge in [-0.05, 0) is 75.8 Å². The lowest BCUT2D eigenvalue weighted by Crippen LogP contribution is -2.53. The molecule has 0 spiro atoms. The number of hydrogen-bond donors (Lipinski definition) is 1. The molecule has 1 atom stereocenters. The van der Waals surface area contributed by atoms with E-state index in [1.165, 1.54) is 0 Å². The van der Waals surface area contributed by atoms with Crippen LogP contribution in [-0.2, 0) is 4.74 Å². The minimum Gasteiger partial charge on any atom is -0.444 e. The molecule has 1 N–H and O–H groups in total. The van der Waals surface area contributed by atoms with Crippen molar-refractivity contribution in [2.75, 3.05) is 23.3 Å². The van der Waals surface area contributed by atoms with Crippen LogP contribution in [0.1, 0.15) is 49.7 Å². The maximum absolute atomic E-state index is 14.2. The zero-order chi connectivity index (χ0) is 28.3. The van der Waals surface area contributed by atoms with Gasteiger partial charge in [-0.15, -0.1) is 0 Å². The van der Waals surface area contributed by atoms with Crippen LogP contribution in [0.4, 0.5) is 22.2 Å². The van der Waals surface area contributed by atoms with E-state index >= 15 is 0 Å². The lowest BCUT2D eigenvalue weighted by molar-refractivity contribution is 0.0196. The molecule has 0 saturated carbocycles. The molecule has 40 heavy (non-hydrogen) atoms. The fourth-order valence-corrected chi connectivity index (χ4v) is 4.87. The van der Waals surface area contributed by atoms with Crippen molar-refractivity contribution >= 4 is 40.2 Å². The van der Waals surface area contributed by atoms with Crippen LogP contribution in [0.3, 0.4) is 0 Å². The number of anilines is 3. The van der Waals surface area contributed by atoms with E-state index in [9.17, 15) is 9.59 Å². The summed E-state index contributed by atoms with van der Waals surface area (Å²) in [5, 5.41) is 4.96. The second-order valence-electron chi connectivity index (χ2n) is 10.8. The number of rotatable bonds is 5. The molecule has 0 aliphatic carbocycles.